The molecule has 0 rings (SSSR count). The van der Waals surface area contributed by atoms with Crippen molar-refractivity contribution in [3.8, 4) is 12.5 Å². The minimum atomic E-state index is -1.88. The van der Waals surface area contributed by atoms with E-state index >= 15 is 0 Å². The summed E-state index contributed by atoms with van der Waals surface area (Å²) >= 11 is 0. The van der Waals surface area contributed by atoms with Crippen molar-refractivity contribution in [2.24, 2.45) is 0 Å². The second-order valence-electron chi connectivity index (χ2n) is 16.4. The fourth-order valence-corrected chi connectivity index (χ4v) is 6.02. The van der Waals surface area contributed by atoms with Gasteiger partial charge in [0.2, 0.25) is 0 Å². The number of rotatable bonds is 36. The molecule has 0 unspecified atom stereocenters. The molecule has 2 N–H and O–H groups in total. The van der Waals surface area contributed by atoms with E-state index in [1.807, 2.05) is 0 Å². The Morgan fingerprint density at radius 2 is 0.898 bits per heavy atom. The zero-order valence-corrected chi connectivity index (χ0v) is 39.3. The van der Waals surface area contributed by atoms with E-state index in [-0.39, 0.29) is 82.1 Å². The number of hydrogen-bond donors (Lipinski definition) is 2. The van der Waals surface area contributed by atoms with Crippen LogP contribution in [0.5, 0.6) is 0 Å². The zero-order chi connectivity index (χ0) is 44.5. The molecule has 2 amide bonds. The molecule has 0 fully saturated rings. The van der Waals surface area contributed by atoms with Crippen molar-refractivity contribution in [1.82, 2.24) is 10.6 Å². The molecule has 0 aliphatic carbocycles. The number of nitrogens with zero attached hydrogens (tertiary/aromatic N) is 2. The molecule has 0 atom stereocenters. The van der Waals surface area contributed by atoms with Gasteiger partial charge in [-0.15, -0.1) is 0 Å². The monoisotopic (exact) mass is 882 g/mol. The largest absolute Gasteiger partial charge is 0.438 e. The highest BCUT2D eigenvalue weighted by atomic mass is 28.4. The second-order valence-corrected chi connectivity index (χ2v) is 26.0. The van der Waals surface area contributed by atoms with Crippen LogP contribution in [0.1, 0.15) is 67.2 Å². The van der Waals surface area contributed by atoms with E-state index in [1.54, 1.807) is 12.5 Å². The minimum Gasteiger partial charge on any atom is -0.428 e. The van der Waals surface area contributed by atoms with Crippen LogP contribution in [-0.4, -0.2) is 147 Å². The first-order valence-corrected chi connectivity index (χ1v) is 26.1. The molecule has 0 bridgehead atoms. The molecule has 59 heavy (non-hydrogen) atoms. The molecule has 344 valence electrons. The van der Waals surface area contributed by atoms with E-state index in [0.29, 0.717) is 65.3 Å². The number of carbonyl (C=O) groups is 2. The van der Waals surface area contributed by atoms with Gasteiger partial charge in [-0.05, 0) is 61.9 Å². The highest BCUT2D eigenvalue weighted by molar-refractivity contribution is 6.74. The number of unbranched alkanes of at least 4 members (excludes halogenated alkanes) is 2. The lowest BCUT2D eigenvalue weighted by atomic mass is 10.2. The molecule has 0 aromatic carbocycles. The molecule has 21 heteroatoms. The van der Waals surface area contributed by atoms with Gasteiger partial charge in [-0.25, -0.2) is 9.59 Å². The number of hydrogen-bond acceptors (Lipinski definition) is 17. The van der Waals surface area contributed by atoms with Gasteiger partial charge in [0.05, 0.1) is 66.1 Å². The average Bonchev–Trinajstić information content (AvgIpc) is 3.15. The molecule has 0 saturated carbocycles. The van der Waals surface area contributed by atoms with Gasteiger partial charge in [-0.1, -0.05) is 41.5 Å². The van der Waals surface area contributed by atoms with Crippen LogP contribution in [0.15, 0.2) is 0 Å². The molecule has 0 aromatic heterocycles. The summed E-state index contributed by atoms with van der Waals surface area (Å²) in [5.74, 6) is 0. The summed E-state index contributed by atoms with van der Waals surface area (Å²) in [5, 5.41) is 22.0. The van der Waals surface area contributed by atoms with Gasteiger partial charge in [0.1, 0.15) is 38.6 Å². The summed E-state index contributed by atoms with van der Waals surface area (Å²) in [6.45, 7) is 26.0. The van der Waals surface area contributed by atoms with E-state index in [2.05, 4.69) is 87.8 Å². The average molecular weight is 883 g/mol. The summed E-state index contributed by atoms with van der Waals surface area (Å²) in [6.07, 6.45) is 2.65. The maximum atomic E-state index is 11.9. The Hall–Kier alpha value is -2.81. The molecule has 0 saturated heterocycles. The molecular weight excluding hydrogens is 809 g/mol. The third-order valence-corrected chi connectivity index (χ3v) is 18.6. The Morgan fingerprint density at radius 1 is 0.525 bits per heavy atom. The normalized spacial score (nSPS) is 12.2. The van der Waals surface area contributed by atoms with E-state index in [9.17, 15) is 9.59 Å². The highest BCUT2D eigenvalue weighted by Crippen LogP contribution is 2.37. The van der Waals surface area contributed by atoms with Crippen LogP contribution in [0, 0.1) is 23.0 Å². The van der Waals surface area contributed by atoms with Gasteiger partial charge in [-0.3, -0.25) is 9.78 Å². The van der Waals surface area contributed by atoms with Crippen molar-refractivity contribution in [2.45, 2.75) is 116 Å². The second kappa shape index (κ2) is 32.9. The van der Waals surface area contributed by atoms with Crippen molar-refractivity contribution in [3.63, 3.8) is 0 Å². The number of carbonyl (C=O) groups excluding carboxylic acids is 2. The van der Waals surface area contributed by atoms with Crippen LogP contribution in [-0.2, 0) is 61.6 Å². The predicted molar refractivity (Wildman–Crippen MR) is 221 cm³/mol. The van der Waals surface area contributed by atoms with Gasteiger partial charge >= 0.3 is 12.2 Å². The van der Waals surface area contributed by atoms with Crippen molar-refractivity contribution in [3.05, 3.63) is 0 Å². The first-order valence-electron chi connectivity index (χ1n) is 20.3. The molecule has 0 heterocycles. The van der Waals surface area contributed by atoms with Gasteiger partial charge in [0.25, 0.3) is 12.5 Å². The van der Waals surface area contributed by atoms with Crippen LogP contribution in [0.3, 0.4) is 0 Å². The van der Waals surface area contributed by atoms with Gasteiger partial charge in [0.15, 0.2) is 16.6 Å². The van der Waals surface area contributed by atoms with E-state index in [4.69, 9.17) is 62.6 Å². The predicted octanol–water partition coefficient (Wildman–Crippen LogP) is 5.72. The standard InChI is InChI=1S/C38H74N4O15Si2/c1-37(2,3)58(7,8)54-25-21-46-27-33(28-47-22-26-55-59(9,10)38(4,5)6)50-23-19-45-20-24-51-34(29-52-56-35(43)41-15-11-13-17-48-31-39)30-53-57-36(44)42-16-12-14-18-49-32-40/h33-34H,11-30H2,1-10H3,(H,41,43)(H,42,44). The van der Waals surface area contributed by atoms with E-state index < -0.39 is 34.9 Å². The van der Waals surface area contributed by atoms with Crippen LogP contribution in [0.25, 0.3) is 0 Å². The molecule has 0 spiro atoms. The minimum absolute atomic E-state index is 0.101. The third kappa shape index (κ3) is 30.8. The summed E-state index contributed by atoms with van der Waals surface area (Å²) in [6, 6.07) is 0. The topological polar surface area (TPSA) is 226 Å². The van der Waals surface area contributed by atoms with Crippen molar-refractivity contribution < 1.29 is 71.1 Å². The number of ether oxygens (including phenoxy) is 7. The van der Waals surface area contributed by atoms with Gasteiger partial charge < -0.3 is 52.6 Å². The molecule has 0 aliphatic heterocycles. The molecule has 19 nitrogen and oxygen atoms in total. The van der Waals surface area contributed by atoms with Crippen LogP contribution in [0.4, 0.5) is 9.59 Å². The maximum absolute atomic E-state index is 11.9. The fraction of sp³-hybridized carbons (Fsp3) is 0.895. The van der Waals surface area contributed by atoms with Crippen LogP contribution >= 0.6 is 0 Å². The number of amides is 2. The number of nitrogens with one attached hydrogen (secondary N) is 2. The van der Waals surface area contributed by atoms with Gasteiger partial charge in [0, 0.05) is 13.1 Å². The lowest BCUT2D eigenvalue weighted by molar-refractivity contribution is -0.289. The first kappa shape index (κ1) is 56.2. The SMILES string of the molecule is CC(C)(C)[Si](C)(C)OCCOCC(COCCO[Si](C)(C)C(C)(C)C)OCCOCCOC(COOC(=O)NCCCCOC#N)COOC(=O)NCCCCOC#N. The fourth-order valence-electron chi connectivity index (χ4n) is 3.97. The third-order valence-electron chi connectivity index (χ3n) is 9.55. The summed E-state index contributed by atoms with van der Waals surface area (Å²) < 4.78 is 51.1. The van der Waals surface area contributed by atoms with E-state index in [1.165, 1.54) is 0 Å². The van der Waals surface area contributed by atoms with Crippen LogP contribution in [0.2, 0.25) is 36.3 Å². The molecule has 0 radical (unpaired) electrons. The van der Waals surface area contributed by atoms with Crippen LogP contribution < -0.4 is 10.6 Å². The van der Waals surface area contributed by atoms with Crippen molar-refractivity contribution >= 4 is 28.8 Å². The highest BCUT2D eigenvalue weighted by Gasteiger charge is 2.37. The smallest absolute Gasteiger partial charge is 0.428 e. The molecular formula is C38H74N4O15Si2. The molecule has 0 aliphatic rings. The first-order chi connectivity index (χ1) is 27.9. The Balaban J connectivity index is 4.87. The Bertz CT molecular complexity index is 1100. The lowest BCUT2D eigenvalue weighted by Crippen LogP contribution is -2.42. The van der Waals surface area contributed by atoms with E-state index in [0.717, 1.165) is 0 Å². The summed E-state index contributed by atoms with van der Waals surface area (Å²) in [7, 11) is -3.76. The maximum Gasteiger partial charge on any atom is 0.438 e. The van der Waals surface area contributed by atoms with Gasteiger partial charge in [-0.2, -0.15) is 20.3 Å². The summed E-state index contributed by atoms with van der Waals surface area (Å²) in [4.78, 5) is 43.4. The Morgan fingerprint density at radius 3 is 1.27 bits per heavy atom. The Kier molecular flexibility index (Phi) is 31.3. The summed E-state index contributed by atoms with van der Waals surface area (Å²) in [5.41, 5.74) is 0. The zero-order valence-electron chi connectivity index (χ0n) is 37.3. The Labute approximate surface area is 354 Å². The quantitative estimate of drug-likeness (QED) is 0.0252. The van der Waals surface area contributed by atoms with Crippen molar-refractivity contribution in [1.29, 1.82) is 10.5 Å². The van der Waals surface area contributed by atoms with Crippen molar-refractivity contribution in [2.75, 3.05) is 106 Å². The number of nitriles is 2. The lowest BCUT2D eigenvalue weighted by Gasteiger charge is -2.36. The molecule has 0 aromatic rings.